The number of nitrogens with one attached hydrogen (secondary N) is 1. The van der Waals surface area contributed by atoms with Crippen molar-refractivity contribution in [2.45, 2.75) is 33.1 Å². The Hall–Kier alpha value is -1.51. The van der Waals surface area contributed by atoms with E-state index in [1.807, 2.05) is 31.2 Å². The smallest absolute Gasteiger partial charge is 0.224 e. The quantitative estimate of drug-likeness (QED) is 0.801. The molecule has 0 bridgehead atoms. The molecule has 3 heteroatoms. The molecule has 0 aliphatic carbocycles. The number of ether oxygens (including phenoxy) is 1. The van der Waals surface area contributed by atoms with Crippen molar-refractivity contribution in [2.24, 2.45) is 0 Å². The van der Waals surface area contributed by atoms with Gasteiger partial charge >= 0.3 is 0 Å². The van der Waals surface area contributed by atoms with Gasteiger partial charge in [-0.1, -0.05) is 13.8 Å². The van der Waals surface area contributed by atoms with Gasteiger partial charge in [-0.3, -0.25) is 4.79 Å². The summed E-state index contributed by atoms with van der Waals surface area (Å²) in [5.74, 6) is 0.903. The Morgan fingerprint density at radius 2 is 1.88 bits per heavy atom. The zero-order valence-electron chi connectivity index (χ0n) is 9.95. The number of benzene rings is 1. The molecule has 16 heavy (non-hydrogen) atoms. The Kier molecular flexibility index (Phi) is 5.40. The maximum absolute atomic E-state index is 11.3. The number of carbonyl (C=O) groups is 1. The summed E-state index contributed by atoms with van der Waals surface area (Å²) < 4.78 is 5.45. The second kappa shape index (κ2) is 6.88. The lowest BCUT2D eigenvalue weighted by molar-refractivity contribution is -0.116. The zero-order valence-corrected chi connectivity index (χ0v) is 9.95. The first-order chi connectivity index (χ1) is 7.76. The van der Waals surface area contributed by atoms with Gasteiger partial charge in [0.1, 0.15) is 5.75 Å². The van der Waals surface area contributed by atoms with Crippen LogP contribution in [0.4, 0.5) is 5.69 Å². The standard InChI is InChI=1S/C13H19NO2/c1-3-5-13(15)14-11-6-8-12(9-7-11)16-10-4-2/h6-9H,3-5,10H2,1-2H3,(H,14,15). The SMILES string of the molecule is CCCOc1ccc(NC(=O)CCC)cc1. The first-order valence-electron chi connectivity index (χ1n) is 5.79. The van der Waals surface area contributed by atoms with Crippen LogP contribution in [-0.2, 0) is 4.79 Å². The maximum Gasteiger partial charge on any atom is 0.224 e. The topological polar surface area (TPSA) is 38.3 Å². The molecule has 88 valence electrons. The van der Waals surface area contributed by atoms with Gasteiger partial charge in [0.05, 0.1) is 6.61 Å². The molecule has 0 heterocycles. The lowest BCUT2D eigenvalue weighted by atomic mass is 10.2. The Morgan fingerprint density at radius 1 is 1.19 bits per heavy atom. The highest BCUT2D eigenvalue weighted by molar-refractivity contribution is 5.90. The Morgan fingerprint density at radius 3 is 2.44 bits per heavy atom. The lowest BCUT2D eigenvalue weighted by Crippen LogP contribution is -2.10. The molecular weight excluding hydrogens is 202 g/mol. The molecule has 1 rings (SSSR count). The molecule has 0 aliphatic heterocycles. The van der Waals surface area contributed by atoms with Crippen molar-refractivity contribution in [3.05, 3.63) is 24.3 Å². The number of hydrogen-bond donors (Lipinski definition) is 1. The van der Waals surface area contributed by atoms with Gasteiger partial charge in [-0.15, -0.1) is 0 Å². The van der Waals surface area contributed by atoms with Crippen LogP contribution in [0, 0.1) is 0 Å². The van der Waals surface area contributed by atoms with Gasteiger partial charge in [0.2, 0.25) is 5.91 Å². The minimum atomic E-state index is 0.0599. The summed E-state index contributed by atoms with van der Waals surface area (Å²) in [5, 5.41) is 2.83. The van der Waals surface area contributed by atoms with E-state index in [4.69, 9.17) is 4.74 Å². The van der Waals surface area contributed by atoms with Crippen molar-refractivity contribution in [1.29, 1.82) is 0 Å². The maximum atomic E-state index is 11.3. The summed E-state index contributed by atoms with van der Waals surface area (Å²) in [6, 6.07) is 7.46. The molecule has 0 saturated heterocycles. The van der Waals surface area contributed by atoms with Crippen molar-refractivity contribution in [3.8, 4) is 5.75 Å². The lowest BCUT2D eigenvalue weighted by Gasteiger charge is -2.07. The molecule has 0 saturated carbocycles. The fourth-order valence-electron chi connectivity index (χ4n) is 1.30. The summed E-state index contributed by atoms with van der Waals surface area (Å²) in [6.07, 6.45) is 2.42. The van der Waals surface area contributed by atoms with Crippen LogP contribution in [0.25, 0.3) is 0 Å². The van der Waals surface area contributed by atoms with Gasteiger partial charge in [0.15, 0.2) is 0 Å². The predicted octanol–water partition coefficient (Wildman–Crippen LogP) is 3.21. The van der Waals surface area contributed by atoms with Gasteiger partial charge < -0.3 is 10.1 Å². The van der Waals surface area contributed by atoms with Crippen molar-refractivity contribution >= 4 is 11.6 Å². The Labute approximate surface area is 96.8 Å². The molecule has 1 aromatic carbocycles. The third-order valence-corrected chi connectivity index (χ3v) is 2.09. The van der Waals surface area contributed by atoms with Crippen LogP contribution in [-0.4, -0.2) is 12.5 Å². The molecule has 0 aliphatic rings. The van der Waals surface area contributed by atoms with Crippen molar-refractivity contribution in [1.82, 2.24) is 0 Å². The van der Waals surface area contributed by atoms with Crippen LogP contribution >= 0.6 is 0 Å². The van der Waals surface area contributed by atoms with Gasteiger partial charge in [-0.05, 0) is 37.1 Å². The van der Waals surface area contributed by atoms with E-state index >= 15 is 0 Å². The first-order valence-corrected chi connectivity index (χ1v) is 5.79. The molecule has 0 atom stereocenters. The van der Waals surface area contributed by atoms with E-state index in [1.165, 1.54) is 0 Å². The van der Waals surface area contributed by atoms with E-state index in [9.17, 15) is 4.79 Å². The molecule has 3 nitrogen and oxygen atoms in total. The molecular formula is C13H19NO2. The minimum Gasteiger partial charge on any atom is -0.494 e. The van der Waals surface area contributed by atoms with Crippen LogP contribution in [0.15, 0.2) is 24.3 Å². The molecule has 0 unspecified atom stereocenters. The summed E-state index contributed by atoms with van der Waals surface area (Å²) >= 11 is 0. The second-order valence-corrected chi connectivity index (χ2v) is 3.67. The molecule has 1 N–H and O–H groups in total. The van der Waals surface area contributed by atoms with Gasteiger partial charge in [-0.2, -0.15) is 0 Å². The molecule has 0 spiro atoms. The summed E-state index contributed by atoms with van der Waals surface area (Å²) in [4.78, 5) is 11.3. The van der Waals surface area contributed by atoms with Crippen molar-refractivity contribution in [2.75, 3.05) is 11.9 Å². The highest BCUT2D eigenvalue weighted by Crippen LogP contribution is 2.16. The van der Waals surface area contributed by atoms with Crippen molar-refractivity contribution in [3.63, 3.8) is 0 Å². The average molecular weight is 221 g/mol. The minimum absolute atomic E-state index is 0.0599. The fraction of sp³-hybridized carbons (Fsp3) is 0.462. The van der Waals surface area contributed by atoms with Crippen LogP contribution in [0.2, 0.25) is 0 Å². The molecule has 1 aromatic rings. The van der Waals surface area contributed by atoms with E-state index in [0.717, 1.165) is 30.9 Å². The summed E-state index contributed by atoms with van der Waals surface area (Å²) in [5.41, 5.74) is 0.822. The highest BCUT2D eigenvalue weighted by atomic mass is 16.5. The van der Waals surface area contributed by atoms with Gasteiger partial charge in [0.25, 0.3) is 0 Å². The van der Waals surface area contributed by atoms with E-state index in [0.29, 0.717) is 6.42 Å². The molecule has 1 amide bonds. The largest absolute Gasteiger partial charge is 0.494 e. The molecule has 0 radical (unpaired) electrons. The van der Waals surface area contributed by atoms with E-state index < -0.39 is 0 Å². The average Bonchev–Trinajstić information content (AvgIpc) is 2.28. The Balaban J connectivity index is 2.47. The van der Waals surface area contributed by atoms with E-state index in [2.05, 4.69) is 12.2 Å². The number of rotatable bonds is 6. The summed E-state index contributed by atoms with van der Waals surface area (Å²) in [7, 11) is 0. The van der Waals surface area contributed by atoms with E-state index in [-0.39, 0.29) is 5.91 Å². The third kappa shape index (κ3) is 4.34. The van der Waals surface area contributed by atoms with Crippen LogP contribution in [0.5, 0.6) is 5.75 Å². The highest BCUT2D eigenvalue weighted by Gasteiger charge is 2.00. The van der Waals surface area contributed by atoms with Crippen LogP contribution in [0.1, 0.15) is 33.1 Å². The molecule has 0 aromatic heterocycles. The fourth-order valence-corrected chi connectivity index (χ4v) is 1.30. The van der Waals surface area contributed by atoms with Crippen LogP contribution < -0.4 is 10.1 Å². The van der Waals surface area contributed by atoms with Crippen LogP contribution in [0.3, 0.4) is 0 Å². The van der Waals surface area contributed by atoms with Gasteiger partial charge in [-0.25, -0.2) is 0 Å². The Bertz CT molecular complexity index is 319. The molecule has 0 fully saturated rings. The predicted molar refractivity (Wildman–Crippen MR) is 65.8 cm³/mol. The van der Waals surface area contributed by atoms with Crippen molar-refractivity contribution < 1.29 is 9.53 Å². The van der Waals surface area contributed by atoms with Gasteiger partial charge in [0, 0.05) is 12.1 Å². The number of hydrogen-bond acceptors (Lipinski definition) is 2. The second-order valence-electron chi connectivity index (χ2n) is 3.67. The number of carbonyl (C=O) groups excluding carboxylic acids is 1. The summed E-state index contributed by atoms with van der Waals surface area (Å²) in [6.45, 7) is 4.78. The normalized spacial score (nSPS) is 9.88. The first kappa shape index (κ1) is 12.6. The zero-order chi connectivity index (χ0) is 11.8. The van der Waals surface area contributed by atoms with E-state index in [1.54, 1.807) is 0 Å². The number of anilines is 1. The monoisotopic (exact) mass is 221 g/mol. The third-order valence-electron chi connectivity index (χ3n) is 2.09. The number of amides is 1.